The van der Waals surface area contributed by atoms with Crippen LogP contribution < -0.4 is 5.32 Å². The number of nitrogens with zero attached hydrogens (tertiary/aromatic N) is 2. The number of alkyl carbamates (subject to hydrolysis) is 1. The molecule has 1 aromatic rings. The van der Waals surface area contributed by atoms with E-state index in [9.17, 15) is 14.7 Å². The molecular weight excluding hydrogens is 346 g/mol. The average Bonchev–Trinajstić information content (AvgIpc) is 2.54. The van der Waals surface area contributed by atoms with E-state index < -0.39 is 11.6 Å². The van der Waals surface area contributed by atoms with E-state index in [-0.39, 0.29) is 17.7 Å². The van der Waals surface area contributed by atoms with Crippen molar-refractivity contribution in [3.63, 3.8) is 0 Å². The van der Waals surface area contributed by atoms with E-state index in [0.29, 0.717) is 17.7 Å². The summed E-state index contributed by atoms with van der Waals surface area (Å²) in [5.74, 6) is -0.929. The zero-order valence-electron chi connectivity index (χ0n) is 16.3. The number of hydrogen-bond donors (Lipinski definition) is 2. The van der Waals surface area contributed by atoms with E-state index in [1.54, 1.807) is 18.3 Å². The third-order valence-electron chi connectivity index (χ3n) is 5.49. The molecule has 7 heteroatoms. The number of nitrogens with one attached hydrogen (secondary N) is 1. The molecule has 2 aliphatic rings. The predicted molar refractivity (Wildman–Crippen MR) is 101 cm³/mol. The topological polar surface area (TPSA) is 91.8 Å². The first-order chi connectivity index (χ1) is 12.7. The van der Waals surface area contributed by atoms with Crippen molar-refractivity contribution < 1.29 is 19.4 Å². The van der Waals surface area contributed by atoms with Crippen molar-refractivity contribution >= 4 is 12.1 Å². The van der Waals surface area contributed by atoms with E-state index in [1.807, 2.05) is 20.8 Å². The fourth-order valence-corrected chi connectivity index (χ4v) is 4.13. The van der Waals surface area contributed by atoms with E-state index in [2.05, 4.69) is 15.2 Å². The molecule has 0 aromatic carbocycles. The molecule has 148 valence electrons. The minimum Gasteiger partial charge on any atom is -0.478 e. The van der Waals surface area contributed by atoms with Gasteiger partial charge < -0.3 is 15.2 Å². The molecule has 0 radical (unpaired) electrons. The van der Waals surface area contributed by atoms with Gasteiger partial charge in [-0.15, -0.1) is 0 Å². The number of ether oxygens (including phenoxy) is 1. The summed E-state index contributed by atoms with van der Waals surface area (Å²) in [6.45, 7) is 8.01. The Balaban J connectivity index is 1.45. The normalized spacial score (nSPS) is 20.1. The lowest BCUT2D eigenvalue weighted by Crippen LogP contribution is -2.55. The van der Waals surface area contributed by atoms with Gasteiger partial charge in [0.05, 0.1) is 11.3 Å². The number of carboxylic acid groups (broad SMARTS) is 1. The lowest BCUT2D eigenvalue weighted by molar-refractivity contribution is -0.00455. The van der Waals surface area contributed by atoms with E-state index >= 15 is 0 Å². The number of hydrogen-bond acceptors (Lipinski definition) is 5. The predicted octanol–water partition coefficient (Wildman–Crippen LogP) is 3.05. The van der Waals surface area contributed by atoms with Crippen LogP contribution >= 0.6 is 0 Å². The third-order valence-corrected chi connectivity index (χ3v) is 5.49. The van der Waals surface area contributed by atoms with Crippen molar-refractivity contribution in [2.24, 2.45) is 5.41 Å². The van der Waals surface area contributed by atoms with Gasteiger partial charge in [0.2, 0.25) is 0 Å². The monoisotopic (exact) mass is 375 g/mol. The highest BCUT2D eigenvalue weighted by atomic mass is 16.6. The standard InChI is InChI=1S/C20H29N3O4/c1-19(2,3)27-18(26)22-14-11-20(12-14)6-9-23(10-7-20)13-16-15(17(24)25)5-4-8-21-16/h4-5,8,14H,6-7,9-13H2,1-3H3,(H,22,26)(H,24,25). The summed E-state index contributed by atoms with van der Waals surface area (Å²) in [5.41, 5.74) is 0.731. The zero-order chi connectivity index (χ0) is 19.7. The molecule has 7 nitrogen and oxygen atoms in total. The molecule has 1 aliphatic carbocycles. The van der Waals surface area contributed by atoms with Crippen molar-refractivity contribution in [2.45, 2.75) is 64.6 Å². The van der Waals surface area contributed by atoms with Gasteiger partial charge in [-0.2, -0.15) is 0 Å². The quantitative estimate of drug-likeness (QED) is 0.840. The number of pyridine rings is 1. The molecule has 3 rings (SSSR count). The van der Waals surface area contributed by atoms with Crippen molar-refractivity contribution in [2.75, 3.05) is 13.1 Å². The number of aromatic carboxylic acids is 1. The van der Waals surface area contributed by atoms with Crippen LogP contribution in [0.15, 0.2) is 18.3 Å². The maximum Gasteiger partial charge on any atom is 0.407 e. The SMILES string of the molecule is CC(C)(C)OC(=O)NC1CC2(CCN(Cc3ncccc3C(=O)O)CC2)C1. The van der Waals surface area contributed by atoms with Gasteiger partial charge in [-0.1, -0.05) is 0 Å². The summed E-state index contributed by atoms with van der Waals surface area (Å²) in [6, 6.07) is 3.46. The molecule has 0 bridgehead atoms. The molecule has 2 heterocycles. The van der Waals surface area contributed by atoms with Crippen LogP contribution in [0.5, 0.6) is 0 Å². The molecule has 27 heavy (non-hydrogen) atoms. The van der Waals surface area contributed by atoms with E-state index in [1.165, 1.54) is 0 Å². The number of aromatic nitrogens is 1. The van der Waals surface area contributed by atoms with Crippen molar-refractivity contribution in [1.29, 1.82) is 0 Å². The highest BCUT2D eigenvalue weighted by Gasteiger charge is 2.46. The second-order valence-corrected chi connectivity index (χ2v) is 8.83. The molecule has 1 aliphatic heterocycles. The molecule has 0 unspecified atom stereocenters. The average molecular weight is 375 g/mol. The highest BCUT2D eigenvalue weighted by Crippen LogP contribution is 2.49. The van der Waals surface area contributed by atoms with Crippen LogP contribution in [0, 0.1) is 5.41 Å². The largest absolute Gasteiger partial charge is 0.478 e. The summed E-state index contributed by atoms with van der Waals surface area (Å²) in [7, 11) is 0. The second kappa shape index (κ2) is 7.46. The molecule has 1 saturated heterocycles. The molecule has 1 aromatic heterocycles. The Bertz CT molecular complexity index is 697. The summed E-state index contributed by atoms with van der Waals surface area (Å²) in [6.07, 6.45) is 5.42. The lowest BCUT2D eigenvalue weighted by Gasteiger charge is -2.52. The summed E-state index contributed by atoms with van der Waals surface area (Å²) in [4.78, 5) is 29.7. The van der Waals surface area contributed by atoms with Crippen LogP contribution in [0.3, 0.4) is 0 Å². The Morgan fingerprint density at radius 1 is 1.33 bits per heavy atom. The van der Waals surface area contributed by atoms with Gasteiger partial charge in [0.15, 0.2) is 0 Å². The van der Waals surface area contributed by atoms with Gasteiger partial charge in [0.25, 0.3) is 0 Å². The summed E-state index contributed by atoms with van der Waals surface area (Å²) in [5, 5.41) is 12.3. The van der Waals surface area contributed by atoms with Crippen LogP contribution in [0.1, 0.15) is 62.5 Å². The number of carboxylic acids is 1. The maximum atomic E-state index is 11.9. The minimum atomic E-state index is -0.929. The van der Waals surface area contributed by atoms with Gasteiger partial charge in [-0.3, -0.25) is 9.88 Å². The second-order valence-electron chi connectivity index (χ2n) is 8.83. The van der Waals surface area contributed by atoms with E-state index in [0.717, 1.165) is 38.8 Å². The molecule has 0 atom stereocenters. The number of piperidine rings is 1. The molecule has 2 N–H and O–H groups in total. The van der Waals surface area contributed by atoms with Gasteiger partial charge in [-0.25, -0.2) is 9.59 Å². The molecule has 1 amide bonds. The van der Waals surface area contributed by atoms with Gasteiger partial charge >= 0.3 is 12.1 Å². The first-order valence-corrected chi connectivity index (χ1v) is 9.55. The molecule has 1 saturated carbocycles. The molecule has 2 fully saturated rings. The lowest BCUT2D eigenvalue weighted by atomic mass is 9.60. The van der Waals surface area contributed by atoms with Crippen LogP contribution in [-0.2, 0) is 11.3 Å². The number of carbonyl (C=O) groups excluding carboxylic acids is 1. The Hall–Kier alpha value is -2.15. The van der Waals surface area contributed by atoms with Gasteiger partial charge in [0.1, 0.15) is 5.60 Å². The van der Waals surface area contributed by atoms with Crippen molar-refractivity contribution in [3.8, 4) is 0 Å². The van der Waals surface area contributed by atoms with E-state index in [4.69, 9.17) is 4.74 Å². The summed E-state index contributed by atoms with van der Waals surface area (Å²) < 4.78 is 5.32. The Kier molecular flexibility index (Phi) is 5.42. The molecular formula is C20H29N3O4. The minimum absolute atomic E-state index is 0.195. The van der Waals surface area contributed by atoms with Crippen LogP contribution in [0.25, 0.3) is 0 Å². The van der Waals surface area contributed by atoms with Crippen LogP contribution in [0.2, 0.25) is 0 Å². The number of rotatable bonds is 4. The Labute approximate surface area is 160 Å². The fourth-order valence-electron chi connectivity index (χ4n) is 4.13. The van der Waals surface area contributed by atoms with Gasteiger partial charge in [-0.05, 0) is 77.1 Å². The maximum absolute atomic E-state index is 11.9. The number of carbonyl (C=O) groups is 2. The van der Waals surface area contributed by atoms with Gasteiger partial charge in [0, 0.05) is 18.8 Å². The number of amides is 1. The van der Waals surface area contributed by atoms with Crippen LogP contribution in [0.4, 0.5) is 4.79 Å². The smallest absolute Gasteiger partial charge is 0.407 e. The summed E-state index contributed by atoms with van der Waals surface area (Å²) >= 11 is 0. The number of likely N-dealkylation sites (tertiary alicyclic amines) is 1. The molecule has 1 spiro atoms. The highest BCUT2D eigenvalue weighted by molar-refractivity contribution is 5.88. The van der Waals surface area contributed by atoms with Crippen LogP contribution in [-0.4, -0.2) is 51.8 Å². The first-order valence-electron chi connectivity index (χ1n) is 9.55. The first kappa shape index (κ1) is 19.6. The third kappa shape index (κ3) is 4.97. The zero-order valence-corrected chi connectivity index (χ0v) is 16.3. The Morgan fingerprint density at radius 2 is 2.00 bits per heavy atom. The Morgan fingerprint density at radius 3 is 2.59 bits per heavy atom. The van der Waals surface area contributed by atoms with Crippen molar-refractivity contribution in [3.05, 3.63) is 29.6 Å². The van der Waals surface area contributed by atoms with Crippen molar-refractivity contribution in [1.82, 2.24) is 15.2 Å². The fraction of sp³-hybridized carbons (Fsp3) is 0.650.